The maximum atomic E-state index is 4.77. The summed E-state index contributed by atoms with van der Waals surface area (Å²) in [5.74, 6) is 0.702. The molecule has 0 aromatic carbocycles. The fourth-order valence-corrected chi connectivity index (χ4v) is 4.03. The van der Waals surface area contributed by atoms with Crippen LogP contribution in [-0.2, 0) is 5.54 Å². The second-order valence-corrected chi connectivity index (χ2v) is 6.20. The van der Waals surface area contributed by atoms with Gasteiger partial charge in [-0.25, -0.2) is 4.98 Å². The van der Waals surface area contributed by atoms with Gasteiger partial charge in [-0.2, -0.15) is 0 Å². The van der Waals surface area contributed by atoms with Crippen molar-refractivity contribution in [1.82, 2.24) is 10.3 Å². The van der Waals surface area contributed by atoms with Gasteiger partial charge in [-0.05, 0) is 38.6 Å². The molecule has 1 aliphatic rings. The molecular weight excluding hydrogens is 228 g/mol. The van der Waals surface area contributed by atoms with Gasteiger partial charge in [0.2, 0.25) is 0 Å². The van der Waals surface area contributed by atoms with Crippen LogP contribution >= 0.6 is 11.3 Å². The Hall–Kier alpha value is -0.410. The Morgan fingerprint density at radius 2 is 2.35 bits per heavy atom. The number of aromatic nitrogens is 1. The van der Waals surface area contributed by atoms with Crippen LogP contribution in [0.1, 0.15) is 56.7 Å². The first-order valence-electron chi connectivity index (χ1n) is 6.86. The number of rotatable bonds is 4. The highest BCUT2D eigenvalue weighted by Gasteiger charge is 2.41. The molecule has 1 aromatic heterocycles. The second kappa shape index (κ2) is 5.49. The highest BCUT2D eigenvalue weighted by molar-refractivity contribution is 7.09. The summed E-state index contributed by atoms with van der Waals surface area (Å²) in [5, 5.41) is 7.31. The Bertz CT molecular complexity index is 361. The number of nitrogens with one attached hydrogen (secondary N) is 1. The van der Waals surface area contributed by atoms with Crippen LogP contribution in [0.5, 0.6) is 0 Å². The first-order valence-corrected chi connectivity index (χ1v) is 7.74. The summed E-state index contributed by atoms with van der Waals surface area (Å²) in [6.07, 6.45) is 6.48. The van der Waals surface area contributed by atoms with Crippen LogP contribution in [0.4, 0.5) is 0 Å². The molecule has 0 amide bonds. The van der Waals surface area contributed by atoms with E-state index in [0.717, 1.165) is 6.54 Å². The number of nitrogens with zero attached hydrogens (tertiary/aromatic N) is 1. The molecule has 1 aromatic rings. The lowest BCUT2D eigenvalue weighted by Gasteiger charge is -2.42. The van der Waals surface area contributed by atoms with Crippen molar-refractivity contribution in [3.8, 4) is 0 Å². The molecule has 0 spiro atoms. The lowest BCUT2D eigenvalue weighted by atomic mass is 9.74. The SMILES string of the molecule is CCCNC1(c2nc(C)cs2)CCCCC1C. The summed E-state index contributed by atoms with van der Waals surface area (Å²) in [6.45, 7) is 7.82. The van der Waals surface area contributed by atoms with Crippen molar-refractivity contribution >= 4 is 11.3 Å². The van der Waals surface area contributed by atoms with Crippen LogP contribution < -0.4 is 5.32 Å². The van der Waals surface area contributed by atoms with Gasteiger partial charge >= 0.3 is 0 Å². The van der Waals surface area contributed by atoms with Crippen molar-refractivity contribution < 1.29 is 0 Å². The Kier molecular flexibility index (Phi) is 4.21. The van der Waals surface area contributed by atoms with Gasteiger partial charge in [-0.1, -0.05) is 26.7 Å². The van der Waals surface area contributed by atoms with E-state index in [1.54, 1.807) is 0 Å². The smallest absolute Gasteiger partial charge is 0.113 e. The number of aryl methyl sites for hydroxylation is 1. The topological polar surface area (TPSA) is 24.9 Å². The third-order valence-electron chi connectivity index (χ3n) is 3.99. The van der Waals surface area contributed by atoms with Gasteiger partial charge in [0.15, 0.2) is 0 Å². The van der Waals surface area contributed by atoms with E-state index >= 15 is 0 Å². The van der Waals surface area contributed by atoms with E-state index in [0.29, 0.717) is 5.92 Å². The van der Waals surface area contributed by atoms with Crippen LogP contribution in [0.25, 0.3) is 0 Å². The predicted molar refractivity (Wildman–Crippen MR) is 74.5 cm³/mol. The minimum atomic E-state index is 0.160. The molecule has 17 heavy (non-hydrogen) atoms. The predicted octanol–water partition coefficient (Wildman–Crippen LogP) is 3.86. The molecule has 96 valence electrons. The van der Waals surface area contributed by atoms with E-state index in [1.165, 1.54) is 42.8 Å². The van der Waals surface area contributed by atoms with Gasteiger partial charge in [-0.3, -0.25) is 0 Å². The van der Waals surface area contributed by atoms with Crippen molar-refractivity contribution in [2.45, 2.75) is 58.4 Å². The average Bonchev–Trinajstić information content (AvgIpc) is 2.76. The summed E-state index contributed by atoms with van der Waals surface area (Å²) >= 11 is 1.84. The quantitative estimate of drug-likeness (QED) is 0.880. The summed E-state index contributed by atoms with van der Waals surface area (Å²) in [6, 6.07) is 0. The lowest BCUT2D eigenvalue weighted by Crippen LogP contribution is -2.49. The van der Waals surface area contributed by atoms with Crippen LogP contribution in [0.2, 0.25) is 0 Å². The first-order chi connectivity index (χ1) is 8.19. The van der Waals surface area contributed by atoms with Gasteiger partial charge in [0, 0.05) is 11.1 Å². The Balaban J connectivity index is 2.28. The van der Waals surface area contributed by atoms with E-state index < -0.39 is 0 Å². The van der Waals surface area contributed by atoms with Crippen LogP contribution in [0.15, 0.2) is 5.38 Å². The van der Waals surface area contributed by atoms with Gasteiger partial charge < -0.3 is 5.32 Å². The Morgan fingerprint density at radius 3 is 2.94 bits per heavy atom. The lowest BCUT2D eigenvalue weighted by molar-refractivity contribution is 0.154. The molecule has 1 saturated carbocycles. The molecule has 1 fully saturated rings. The zero-order valence-electron chi connectivity index (χ0n) is 11.3. The van der Waals surface area contributed by atoms with Crippen LogP contribution in [0.3, 0.4) is 0 Å². The van der Waals surface area contributed by atoms with Gasteiger partial charge in [-0.15, -0.1) is 11.3 Å². The highest BCUT2D eigenvalue weighted by Crippen LogP contribution is 2.42. The van der Waals surface area contributed by atoms with E-state index in [4.69, 9.17) is 4.98 Å². The van der Waals surface area contributed by atoms with Gasteiger partial charge in [0.1, 0.15) is 5.01 Å². The normalized spacial score (nSPS) is 29.5. The standard InChI is InChI=1S/C14H24N2S/c1-4-9-15-14(8-6-5-7-11(14)2)13-16-12(3)10-17-13/h10-11,15H,4-9H2,1-3H3. The third kappa shape index (κ3) is 2.55. The number of thiazole rings is 1. The van der Waals surface area contributed by atoms with Crippen molar-refractivity contribution in [3.63, 3.8) is 0 Å². The number of hydrogen-bond donors (Lipinski definition) is 1. The molecule has 0 saturated heterocycles. The molecule has 1 N–H and O–H groups in total. The molecular formula is C14H24N2S. The zero-order valence-corrected chi connectivity index (χ0v) is 12.1. The number of hydrogen-bond acceptors (Lipinski definition) is 3. The summed E-state index contributed by atoms with van der Waals surface area (Å²) in [7, 11) is 0. The van der Waals surface area contributed by atoms with Crippen molar-refractivity contribution in [2.24, 2.45) is 5.92 Å². The van der Waals surface area contributed by atoms with Crippen molar-refractivity contribution in [3.05, 3.63) is 16.1 Å². The van der Waals surface area contributed by atoms with Gasteiger partial charge in [0.05, 0.1) is 5.54 Å². The molecule has 2 rings (SSSR count). The highest BCUT2D eigenvalue weighted by atomic mass is 32.1. The largest absolute Gasteiger partial charge is 0.305 e. The molecule has 1 heterocycles. The van der Waals surface area contributed by atoms with Gasteiger partial charge in [0.25, 0.3) is 0 Å². The van der Waals surface area contributed by atoms with E-state index in [1.807, 2.05) is 11.3 Å². The molecule has 1 aliphatic carbocycles. The summed E-state index contributed by atoms with van der Waals surface area (Å²) in [5.41, 5.74) is 1.33. The Morgan fingerprint density at radius 1 is 1.53 bits per heavy atom. The van der Waals surface area contributed by atoms with Crippen molar-refractivity contribution in [1.29, 1.82) is 0 Å². The minimum absolute atomic E-state index is 0.160. The molecule has 0 aliphatic heterocycles. The molecule has 2 atom stereocenters. The Labute approximate surface area is 109 Å². The fraction of sp³-hybridized carbons (Fsp3) is 0.786. The molecule has 2 unspecified atom stereocenters. The maximum absolute atomic E-state index is 4.77. The van der Waals surface area contributed by atoms with E-state index in [2.05, 4.69) is 31.5 Å². The van der Waals surface area contributed by atoms with E-state index in [-0.39, 0.29) is 5.54 Å². The van der Waals surface area contributed by atoms with Crippen LogP contribution in [0, 0.1) is 12.8 Å². The molecule has 0 radical (unpaired) electrons. The molecule has 2 nitrogen and oxygen atoms in total. The second-order valence-electron chi connectivity index (χ2n) is 5.34. The van der Waals surface area contributed by atoms with Crippen molar-refractivity contribution in [2.75, 3.05) is 6.54 Å². The summed E-state index contributed by atoms with van der Waals surface area (Å²) in [4.78, 5) is 4.77. The maximum Gasteiger partial charge on any atom is 0.113 e. The van der Waals surface area contributed by atoms with Crippen LogP contribution in [-0.4, -0.2) is 11.5 Å². The molecule has 0 bridgehead atoms. The fourth-order valence-electron chi connectivity index (χ4n) is 2.91. The molecule has 3 heteroatoms. The van der Waals surface area contributed by atoms with E-state index in [9.17, 15) is 0 Å². The third-order valence-corrected chi connectivity index (χ3v) is 5.13. The average molecular weight is 252 g/mol. The summed E-state index contributed by atoms with van der Waals surface area (Å²) < 4.78 is 0. The zero-order chi connectivity index (χ0) is 12.3. The first kappa shape index (κ1) is 13.0. The minimum Gasteiger partial charge on any atom is -0.305 e. The monoisotopic (exact) mass is 252 g/mol.